The van der Waals surface area contributed by atoms with Gasteiger partial charge in [0.05, 0.1) is 12.0 Å². The van der Waals surface area contributed by atoms with E-state index in [0.29, 0.717) is 24.7 Å². The monoisotopic (exact) mass is 251 g/mol. The van der Waals surface area contributed by atoms with Crippen molar-refractivity contribution in [1.29, 1.82) is 5.26 Å². The zero-order valence-electron chi connectivity index (χ0n) is 11.6. The van der Waals surface area contributed by atoms with Crippen LogP contribution in [0.15, 0.2) is 4.52 Å². The quantitative estimate of drug-likeness (QED) is 0.745. The van der Waals surface area contributed by atoms with Gasteiger partial charge in [0, 0.05) is 13.0 Å². The fraction of sp³-hybridized carbons (Fsp3) is 0.769. The smallest absolute Gasteiger partial charge is 0.228 e. The first-order valence-corrected chi connectivity index (χ1v) is 6.48. The highest BCUT2D eigenvalue weighted by molar-refractivity contribution is 5.02. The first-order valence-electron chi connectivity index (χ1n) is 6.48. The van der Waals surface area contributed by atoms with Crippen molar-refractivity contribution in [2.45, 2.75) is 52.6 Å². The van der Waals surface area contributed by atoms with Crippen LogP contribution in [-0.2, 0) is 16.8 Å². The number of nitriles is 1. The molecule has 0 spiro atoms. The minimum Gasteiger partial charge on any atom is -0.367 e. The standard InChI is InChI=1S/C13H21N3O2/c1-5-13(6-2,17-7-3)12-15-11(18-16-12)8-10(4)9-14/h10H,5-8H2,1-4H3. The molecule has 0 radical (unpaired) electrons. The highest BCUT2D eigenvalue weighted by Crippen LogP contribution is 2.31. The second-order valence-electron chi connectivity index (χ2n) is 4.38. The molecule has 1 heterocycles. The molecule has 0 saturated carbocycles. The summed E-state index contributed by atoms with van der Waals surface area (Å²) in [6, 6.07) is 2.16. The molecule has 1 unspecified atom stereocenters. The Morgan fingerprint density at radius 1 is 1.39 bits per heavy atom. The van der Waals surface area contributed by atoms with Gasteiger partial charge in [0.1, 0.15) is 5.60 Å². The van der Waals surface area contributed by atoms with Crippen LogP contribution >= 0.6 is 0 Å². The summed E-state index contributed by atoms with van der Waals surface area (Å²) < 4.78 is 11.0. The highest BCUT2D eigenvalue weighted by atomic mass is 16.5. The molecule has 5 heteroatoms. The molecule has 0 aliphatic heterocycles. The SMILES string of the molecule is CCOC(CC)(CC)c1noc(CC(C)C#N)n1. The third kappa shape index (κ3) is 3.08. The second kappa shape index (κ2) is 6.50. The van der Waals surface area contributed by atoms with Crippen molar-refractivity contribution in [1.82, 2.24) is 10.1 Å². The van der Waals surface area contributed by atoms with E-state index in [0.717, 1.165) is 12.8 Å². The maximum atomic E-state index is 8.77. The molecule has 1 aromatic heterocycles. The average Bonchev–Trinajstić information content (AvgIpc) is 2.84. The number of nitrogens with zero attached hydrogens (tertiary/aromatic N) is 3. The number of rotatable bonds is 7. The molecule has 0 bridgehead atoms. The van der Waals surface area contributed by atoms with Gasteiger partial charge in [0.2, 0.25) is 11.7 Å². The summed E-state index contributed by atoms with van der Waals surface area (Å²) in [5.41, 5.74) is -0.466. The van der Waals surface area contributed by atoms with Crippen LogP contribution in [0.2, 0.25) is 0 Å². The molecular formula is C13H21N3O2. The zero-order valence-corrected chi connectivity index (χ0v) is 11.6. The van der Waals surface area contributed by atoms with Crippen LogP contribution < -0.4 is 0 Å². The molecule has 0 fully saturated rings. The fourth-order valence-electron chi connectivity index (χ4n) is 1.94. The van der Waals surface area contributed by atoms with E-state index in [-0.39, 0.29) is 5.92 Å². The Labute approximate surface area is 108 Å². The number of ether oxygens (including phenoxy) is 1. The first kappa shape index (κ1) is 14.7. The molecular weight excluding hydrogens is 230 g/mol. The number of hydrogen-bond acceptors (Lipinski definition) is 5. The zero-order chi connectivity index (χ0) is 13.6. The molecule has 1 aromatic rings. The summed E-state index contributed by atoms with van der Waals surface area (Å²) in [4.78, 5) is 4.38. The summed E-state index contributed by atoms with van der Waals surface area (Å²) in [5.74, 6) is 0.975. The molecule has 5 nitrogen and oxygen atoms in total. The van der Waals surface area contributed by atoms with E-state index in [1.807, 2.05) is 27.7 Å². The van der Waals surface area contributed by atoms with Crippen LogP contribution in [0.1, 0.15) is 52.3 Å². The van der Waals surface area contributed by atoms with Crippen LogP contribution in [0.3, 0.4) is 0 Å². The maximum absolute atomic E-state index is 8.77. The van der Waals surface area contributed by atoms with E-state index in [2.05, 4.69) is 16.2 Å². The molecule has 0 aliphatic rings. The van der Waals surface area contributed by atoms with Crippen LogP contribution in [0.4, 0.5) is 0 Å². The Morgan fingerprint density at radius 3 is 2.56 bits per heavy atom. The summed E-state index contributed by atoms with van der Waals surface area (Å²) in [7, 11) is 0. The Balaban J connectivity index is 2.91. The van der Waals surface area contributed by atoms with Gasteiger partial charge in [-0.1, -0.05) is 19.0 Å². The predicted octanol–water partition coefficient (Wildman–Crippen LogP) is 2.82. The molecule has 18 heavy (non-hydrogen) atoms. The lowest BCUT2D eigenvalue weighted by Crippen LogP contribution is -2.29. The van der Waals surface area contributed by atoms with Gasteiger partial charge < -0.3 is 9.26 Å². The van der Waals surface area contributed by atoms with Crippen LogP contribution in [0.25, 0.3) is 0 Å². The molecule has 0 N–H and O–H groups in total. The predicted molar refractivity (Wildman–Crippen MR) is 66.7 cm³/mol. The highest BCUT2D eigenvalue weighted by Gasteiger charge is 2.34. The lowest BCUT2D eigenvalue weighted by atomic mass is 9.96. The number of aromatic nitrogens is 2. The van der Waals surface area contributed by atoms with Crippen molar-refractivity contribution >= 4 is 0 Å². The maximum Gasteiger partial charge on any atom is 0.228 e. The van der Waals surface area contributed by atoms with Gasteiger partial charge in [-0.15, -0.1) is 0 Å². The van der Waals surface area contributed by atoms with Gasteiger partial charge in [-0.3, -0.25) is 0 Å². The van der Waals surface area contributed by atoms with E-state index in [4.69, 9.17) is 14.5 Å². The van der Waals surface area contributed by atoms with Gasteiger partial charge in [0.25, 0.3) is 0 Å². The topological polar surface area (TPSA) is 71.9 Å². The van der Waals surface area contributed by atoms with E-state index in [1.54, 1.807) is 0 Å². The molecule has 100 valence electrons. The van der Waals surface area contributed by atoms with E-state index < -0.39 is 5.60 Å². The van der Waals surface area contributed by atoms with Crippen molar-refractivity contribution in [3.05, 3.63) is 11.7 Å². The fourth-order valence-corrected chi connectivity index (χ4v) is 1.94. The van der Waals surface area contributed by atoms with Gasteiger partial charge in [0.15, 0.2) is 0 Å². The first-order chi connectivity index (χ1) is 8.61. The molecule has 0 saturated heterocycles. The summed E-state index contributed by atoms with van der Waals surface area (Å²) in [5, 5.41) is 12.8. The van der Waals surface area contributed by atoms with E-state index >= 15 is 0 Å². The molecule has 0 aliphatic carbocycles. The van der Waals surface area contributed by atoms with Gasteiger partial charge in [-0.05, 0) is 26.7 Å². The summed E-state index contributed by atoms with van der Waals surface area (Å²) >= 11 is 0. The van der Waals surface area contributed by atoms with Crippen LogP contribution in [-0.4, -0.2) is 16.7 Å². The van der Waals surface area contributed by atoms with Crippen LogP contribution in [0.5, 0.6) is 0 Å². The summed E-state index contributed by atoms with van der Waals surface area (Å²) in [6.45, 7) is 8.50. The van der Waals surface area contributed by atoms with E-state index in [9.17, 15) is 0 Å². The normalized spacial score (nSPS) is 13.3. The molecule has 1 rings (SSSR count). The number of hydrogen-bond donors (Lipinski definition) is 0. The minimum absolute atomic E-state index is 0.122. The average molecular weight is 251 g/mol. The Bertz CT molecular complexity index is 405. The Kier molecular flexibility index (Phi) is 5.29. The van der Waals surface area contributed by atoms with Crippen molar-refractivity contribution in [2.24, 2.45) is 5.92 Å². The van der Waals surface area contributed by atoms with Gasteiger partial charge >= 0.3 is 0 Å². The molecule has 0 aromatic carbocycles. The van der Waals surface area contributed by atoms with Crippen molar-refractivity contribution in [3.8, 4) is 6.07 Å². The van der Waals surface area contributed by atoms with Crippen molar-refractivity contribution in [3.63, 3.8) is 0 Å². The van der Waals surface area contributed by atoms with E-state index in [1.165, 1.54) is 0 Å². The molecule has 0 amide bonds. The third-order valence-electron chi connectivity index (χ3n) is 3.14. The Morgan fingerprint density at radius 2 is 2.06 bits per heavy atom. The summed E-state index contributed by atoms with van der Waals surface area (Å²) in [6.07, 6.45) is 2.08. The minimum atomic E-state index is -0.466. The van der Waals surface area contributed by atoms with Gasteiger partial charge in [-0.2, -0.15) is 10.2 Å². The van der Waals surface area contributed by atoms with Gasteiger partial charge in [-0.25, -0.2) is 0 Å². The second-order valence-corrected chi connectivity index (χ2v) is 4.38. The molecule has 1 atom stereocenters. The lowest BCUT2D eigenvalue weighted by Gasteiger charge is -2.27. The van der Waals surface area contributed by atoms with Crippen LogP contribution in [0, 0.1) is 17.2 Å². The Hall–Kier alpha value is -1.41. The third-order valence-corrected chi connectivity index (χ3v) is 3.14. The van der Waals surface area contributed by atoms with Crippen molar-refractivity contribution in [2.75, 3.05) is 6.61 Å². The lowest BCUT2D eigenvalue weighted by molar-refractivity contribution is -0.0583. The largest absolute Gasteiger partial charge is 0.367 e. The van der Waals surface area contributed by atoms with Crippen molar-refractivity contribution < 1.29 is 9.26 Å².